The predicted octanol–water partition coefficient (Wildman–Crippen LogP) is 5.22. The highest BCUT2D eigenvalue weighted by atomic mass is 16.5. The minimum atomic E-state index is 0.245. The van der Waals surface area contributed by atoms with Crippen LogP contribution in [0.4, 0.5) is 5.95 Å². The van der Waals surface area contributed by atoms with Gasteiger partial charge < -0.3 is 20.0 Å². The Balaban J connectivity index is 1.54. The molecule has 1 aliphatic carbocycles. The smallest absolute Gasteiger partial charge is 0.222 e. The number of nitrogens with two attached hydrogens (primary N) is 1. The van der Waals surface area contributed by atoms with Gasteiger partial charge in [-0.05, 0) is 58.7 Å². The molecular formula is C26H29N7O2. The van der Waals surface area contributed by atoms with Crippen molar-refractivity contribution < 1.29 is 9.26 Å². The molecule has 4 heterocycles. The van der Waals surface area contributed by atoms with Gasteiger partial charge in [0.2, 0.25) is 5.95 Å². The number of hydrogen-bond donors (Lipinski definition) is 2. The first-order valence-electron chi connectivity index (χ1n) is 12.0. The molecule has 0 spiro atoms. The van der Waals surface area contributed by atoms with Crippen molar-refractivity contribution in [3.8, 4) is 16.9 Å². The number of benzene rings is 1. The Morgan fingerprint density at radius 2 is 2.00 bits per heavy atom. The molecule has 9 heteroatoms. The molecule has 180 valence electrons. The van der Waals surface area contributed by atoms with E-state index < -0.39 is 0 Å². The van der Waals surface area contributed by atoms with Crippen molar-refractivity contribution >= 4 is 27.9 Å². The highest BCUT2D eigenvalue weighted by Crippen LogP contribution is 2.42. The Morgan fingerprint density at radius 1 is 1.20 bits per heavy atom. The van der Waals surface area contributed by atoms with E-state index in [4.69, 9.17) is 20.1 Å². The van der Waals surface area contributed by atoms with Gasteiger partial charge in [0, 0.05) is 45.9 Å². The number of aromatic nitrogens is 6. The van der Waals surface area contributed by atoms with Gasteiger partial charge in [-0.2, -0.15) is 10.1 Å². The van der Waals surface area contributed by atoms with Crippen LogP contribution in [0.15, 0.2) is 22.7 Å². The lowest BCUT2D eigenvalue weighted by atomic mass is 10.00. The summed E-state index contributed by atoms with van der Waals surface area (Å²) in [5.74, 6) is 2.31. The second kappa shape index (κ2) is 7.83. The average molecular weight is 472 g/mol. The highest BCUT2D eigenvalue weighted by molar-refractivity contribution is 6.09. The second-order valence-electron chi connectivity index (χ2n) is 9.72. The van der Waals surface area contributed by atoms with Gasteiger partial charge in [-0.3, -0.25) is 4.68 Å². The molecule has 0 radical (unpaired) electrons. The first kappa shape index (κ1) is 21.6. The van der Waals surface area contributed by atoms with Crippen molar-refractivity contribution in [2.45, 2.75) is 58.9 Å². The fourth-order valence-corrected chi connectivity index (χ4v) is 5.06. The summed E-state index contributed by atoms with van der Waals surface area (Å²) in [6.45, 7) is 8.15. The minimum Gasteiger partial charge on any atom is -0.496 e. The number of anilines is 1. The predicted molar refractivity (Wildman–Crippen MR) is 135 cm³/mol. The highest BCUT2D eigenvalue weighted by Gasteiger charge is 2.28. The second-order valence-corrected chi connectivity index (χ2v) is 9.72. The van der Waals surface area contributed by atoms with Gasteiger partial charge in [0.1, 0.15) is 17.2 Å². The van der Waals surface area contributed by atoms with Crippen LogP contribution >= 0.6 is 0 Å². The first-order chi connectivity index (χ1) is 16.8. The normalized spacial score (nSPS) is 14.0. The van der Waals surface area contributed by atoms with E-state index >= 15 is 0 Å². The van der Waals surface area contributed by atoms with Crippen molar-refractivity contribution in [3.05, 3.63) is 46.7 Å². The molecule has 35 heavy (non-hydrogen) atoms. The summed E-state index contributed by atoms with van der Waals surface area (Å²) < 4.78 is 13.3. The quantitative estimate of drug-likeness (QED) is 0.348. The third-order valence-electron chi connectivity index (χ3n) is 6.83. The molecule has 0 bridgehead atoms. The largest absolute Gasteiger partial charge is 0.496 e. The van der Waals surface area contributed by atoms with Crippen LogP contribution in [0.3, 0.4) is 0 Å². The van der Waals surface area contributed by atoms with E-state index in [0.29, 0.717) is 18.0 Å². The summed E-state index contributed by atoms with van der Waals surface area (Å²) in [7, 11) is 1.67. The lowest BCUT2D eigenvalue weighted by Crippen LogP contribution is -2.09. The van der Waals surface area contributed by atoms with Crippen molar-refractivity contribution in [2.24, 2.45) is 0 Å². The van der Waals surface area contributed by atoms with Crippen LogP contribution in [0.5, 0.6) is 5.75 Å². The molecular weight excluding hydrogens is 442 g/mol. The summed E-state index contributed by atoms with van der Waals surface area (Å²) in [5.41, 5.74) is 13.6. The minimum absolute atomic E-state index is 0.245. The molecule has 0 atom stereocenters. The maximum Gasteiger partial charge on any atom is 0.222 e. The molecule has 0 amide bonds. The Labute approximate surface area is 202 Å². The number of aromatic amines is 1. The number of methoxy groups -OCH3 is 1. The third-order valence-corrected chi connectivity index (χ3v) is 6.83. The zero-order chi connectivity index (χ0) is 24.4. The monoisotopic (exact) mass is 471 g/mol. The zero-order valence-electron chi connectivity index (χ0n) is 20.6. The molecule has 5 aromatic rings. The van der Waals surface area contributed by atoms with E-state index in [9.17, 15) is 0 Å². The standard InChI is InChI=1S/C26H29N7O2/c1-12(2)33-16(8-19(31-33)15-6-7-15)9-21-24-17-11-22(34-5)18(23-13(3)32-35-14(23)4)10-20(17)28-25(24)30-26(27)29-21/h8,10-12,15H,6-7,9H2,1-5H3,(H3,27,28,29,30). The number of nitrogen functional groups attached to an aromatic ring is 1. The third kappa shape index (κ3) is 3.53. The van der Waals surface area contributed by atoms with Crippen LogP contribution in [0, 0.1) is 13.8 Å². The Hall–Kier alpha value is -3.88. The number of nitrogens with zero attached hydrogens (tertiary/aromatic N) is 5. The van der Waals surface area contributed by atoms with Crippen LogP contribution in [0.25, 0.3) is 33.1 Å². The maximum absolute atomic E-state index is 6.15. The van der Waals surface area contributed by atoms with Gasteiger partial charge in [-0.25, -0.2) is 4.98 Å². The fourth-order valence-electron chi connectivity index (χ4n) is 5.06. The molecule has 0 saturated heterocycles. The van der Waals surface area contributed by atoms with Crippen LogP contribution in [0.2, 0.25) is 0 Å². The van der Waals surface area contributed by atoms with Crippen molar-refractivity contribution in [1.29, 1.82) is 0 Å². The molecule has 6 rings (SSSR count). The number of ether oxygens (including phenoxy) is 1. The van der Waals surface area contributed by atoms with Crippen molar-refractivity contribution in [3.63, 3.8) is 0 Å². The van der Waals surface area contributed by atoms with Crippen LogP contribution in [-0.2, 0) is 6.42 Å². The molecule has 4 aromatic heterocycles. The Bertz CT molecular complexity index is 1570. The van der Waals surface area contributed by atoms with Gasteiger partial charge in [0.25, 0.3) is 0 Å². The Kier molecular flexibility index (Phi) is 4.84. The fraction of sp³-hybridized carbons (Fsp3) is 0.385. The van der Waals surface area contributed by atoms with Gasteiger partial charge in [0.05, 0.1) is 29.8 Å². The number of H-pyrrole nitrogens is 1. The van der Waals surface area contributed by atoms with E-state index in [2.05, 4.69) is 50.8 Å². The van der Waals surface area contributed by atoms with Crippen LogP contribution < -0.4 is 10.5 Å². The van der Waals surface area contributed by atoms with E-state index in [1.54, 1.807) is 7.11 Å². The van der Waals surface area contributed by atoms with Gasteiger partial charge in [0.15, 0.2) is 0 Å². The van der Waals surface area contributed by atoms with Gasteiger partial charge in [-0.15, -0.1) is 0 Å². The number of aryl methyl sites for hydroxylation is 2. The van der Waals surface area contributed by atoms with E-state index in [0.717, 1.165) is 56.0 Å². The number of rotatable bonds is 6. The topological polar surface area (TPSA) is 121 Å². The number of fused-ring (bicyclic) bond motifs is 3. The SMILES string of the molecule is COc1cc2c(cc1-c1c(C)noc1C)[nH]c1nc(N)nc(Cc3cc(C4CC4)nn3C(C)C)c12. The number of nitrogens with one attached hydrogen (secondary N) is 1. The summed E-state index contributed by atoms with van der Waals surface area (Å²) in [5, 5.41) is 11.0. The van der Waals surface area contributed by atoms with Gasteiger partial charge in [-0.1, -0.05) is 5.16 Å². The van der Waals surface area contributed by atoms with Gasteiger partial charge >= 0.3 is 0 Å². The molecule has 1 saturated carbocycles. The molecule has 1 aliphatic rings. The van der Waals surface area contributed by atoms with E-state index in [1.807, 2.05) is 19.9 Å². The van der Waals surface area contributed by atoms with E-state index in [-0.39, 0.29) is 12.0 Å². The summed E-state index contributed by atoms with van der Waals surface area (Å²) in [6.07, 6.45) is 3.05. The van der Waals surface area contributed by atoms with Crippen molar-refractivity contribution in [1.82, 2.24) is 29.9 Å². The molecule has 0 unspecified atom stereocenters. The summed E-state index contributed by atoms with van der Waals surface area (Å²) in [4.78, 5) is 12.6. The summed E-state index contributed by atoms with van der Waals surface area (Å²) >= 11 is 0. The maximum atomic E-state index is 6.15. The number of hydrogen-bond acceptors (Lipinski definition) is 7. The molecule has 1 aromatic carbocycles. The van der Waals surface area contributed by atoms with E-state index in [1.165, 1.54) is 18.5 Å². The molecule has 3 N–H and O–H groups in total. The first-order valence-corrected chi connectivity index (χ1v) is 12.0. The van der Waals surface area contributed by atoms with Crippen LogP contribution in [0.1, 0.15) is 67.2 Å². The molecule has 0 aliphatic heterocycles. The van der Waals surface area contributed by atoms with Crippen LogP contribution in [-0.4, -0.2) is 37.0 Å². The van der Waals surface area contributed by atoms with Crippen molar-refractivity contribution in [2.75, 3.05) is 12.8 Å². The Morgan fingerprint density at radius 3 is 2.66 bits per heavy atom. The average Bonchev–Trinajstić information content (AvgIpc) is 3.36. The lowest BCUT2D eigenvalue weighted by molar-refractivity contribution is 0.393. The summed E-state index contributed by atoms with van der Waals surface area (Å²) in [6, 6.07) is 6.58. The molecule has 1 fully saturated rings. The molecule has 9 nitrogen and oxygen atoms in total. The lowest BCUT2D eigenvalue weighted by Gasteiger charge is -2.12. The zero-order valence-corrected chi connectivity index (χ0v) is 20.6.